The molecule has 4 nitrogen and oxygen atoms in total. The van der Waals surface area contributed by atoms with Crippen LogP contribution in [0.15, 0.2) is 53.0 Å². The molecule has 1 aromatic carbocycles. The number of hydrogen-bond acceptors (Lipinski definition) is 4. The number of allylic oxidation sites excluding steroid dienone is 1. The zero-order valence-electron chi connectivity index (χ0n) is 10.9. The van der Waals surface area contributed by atoms with E-state index >= 15 is 0 Å². The van der Waals surface area contributed by atoms with Crippen molar-refractivity contribution in [1.29, 1.82) is 0 Å². The van der Waals surface area contributed by atoms with Crippen LogP contribution in [0.2, 0.25) is 0 Å². The van der Waals surface area contributed by atoms with Crippen molar-refractivity contribution in [1.82, 2.24) is 0 Å². The Morgan fingerprint density at radius 3 is 2.37 bits per heavy atom. The maximum absolute atomic E-state index is 11.6. The Balaban J connectivity index is 2.53. The van der Waals surface area contributed by atoms with Gasteiger partial charge in [0.15, 0.2) is 9.84 Å². The fourth-order valence-electron chi connectivity index (χ4n) is 2.32. The lowest BCUT2D eigenvalue weighted by molar-refractivity contribution is 0.0701. The normalized spacial score (nSPS) is 27.7. The van der Waals surface area contributed by atoms with Gasteiger partial charge in [0.2, 0.25) is 0 Å². The third-order valence-corrected chi connectivity index (χ3v) is 4.71. The van der Waals surface area contributed by atoms with Gasteiger partial charge >= 0.3 is 0 Å². The molecule has 0 aromatic heterocycles. The predicted octanol–water partition coefficient (Wildman–Crippen LogP) is 1.09. The summed E-state index contributed by atoms with van der Waals surface area (Å²) in [7, 11) is -3.34. The molecule has 0 heterocycles. The van der Waals surface area contributed by atoms with E-state index in [-0.39, 0.29) is 4.91 Å². The first kappa shape index (κ1) is 14.0. The number of rotatable bonds is 2. The van der Waals surface area contributed by atoms with Gasteiger partial charge in [0.1, 0.15) is 5.60 Å². The third-order valence-electron chi connectivity index (χ3n) is 3.45. The summed E-state index contributed by atoms with van der Waals surface area (Å²) >= 11 is 0. The van der Waals surface area contributed by atoms with Crippen LogP contribution < -0.4 is 5.73 Å². The van der Waals surface area contributed by atoms with Crippen LogP contribution >= 0.6 is 0 Å². The van der Waals surface area contributed by atoms with Gasteiger partial charge in [-0.2, -0.15) is 0 Å². The number of sulfone groups is 1. The SMILES string of the molecule is CC1=C(S(C)(=O)=O)C=CC(O)(c2ccccc2)C1N. The summed E-state index contributed by atoms with van der Waals surface area (Å²) in [6.07, 6.45) is 4.02. The smallest absolute Gasteiger partial charge is 0.175 e. The van der Waals surface area contributed by atoms with Gasteiger partial charge in [-0.3, -0.25) is 0 Å². The van der Waals surface area contributed by atoms with E-state index in [0.717, 1.165) is 6.26 Å². The number of hydrogen-bond donors (Lipinski definition) is 2. The summed E-state index contributed by atoms with van der Waals surface area (Å²) in [4.78, 5) is 0.181. The molecule has 1 aromatic rings. The van der Waals surface area contributed by atoms with Gasteiger partial charge < -0.3 is 10.8 Å². The average Bonchev–Trinajstić information content (AvgIpc) is 2.35. The largest absolute Gasteiger partial charge is 0.379 e. The molecule has 3 N–H and O–H groups in total. The standard InChI is InChI=1S/C14H17NO3S/c1-10-12(19(2,17)18)8-9-14(16,13(10)15)11-6-4-3-5-7-11/h3-9,13,16H,15H2,1-2H3. The van der Waals surface area contributed by atoms with E-state index < -0.39 is 21.5 Å². The van der Waals surface area contributed by atoms with Gasteiger partial charge in [-0.15, -0.1) is 0 Å². The highest BCUT2D eigenvalue weighted by Crippen LogP contribution is 2.35. The lowest BCUT2D eigenvalue weighted by Crippen LogP contribution is -2.47. The van der Waals surface area contributed by atoms with E-state index in [1.807, 2.05) is 6.07 Å². The van der Waals surface area contributed by atoms with Crippen molar-refractivity contribution < 1.29 is 13.5 Å². The molecule has 2 unspecified atom stereocenters. The molecule has 1 aliphatic rings. The van der Waals surface area contributed by atoms with Crippen molar-refractivity contribution in [3.63, 3.8) is 0 Å². The van der Waals surface area contributed by atoms with E-state index in [9.17, 15) is 13.5 Å². The molecule has 0 bridgehead atoms. The summed E-state index contributed by atoms with van der Waals surface area (Å²) in [6, 6.07) is 8.20. The summed E-state index contributed by atoms with van der Waals surface area (Å²) in [6.45, 7) is 1.64. The Bertz CT molecular complexity index is 647. The lowest BCUT2D eigenvalue weighted by Gasteiger charge is -2.35. The Morgan fingerprint density at radius 1 is 1.26 bits per heavy atom. The number of benzene rings is 1. The molecule has 0 spiro atoms. The van der Waals surface area contributed by atoms with E-state index in [0.29, 0.717) is 11.1 Å². The van der Waals surface area contributed by atoms with Gasteiger partial charge in [0, 0.05) is 6.26 Å². The van der Waals surface area contributed by atoms with Crippen LogP contribution in [0.3, 0.4) is 0 Å². The second-order valence-electron chi connectivity index (χ2n) is 4.82. The van der Waals surface area contributed by atoms with Crippen molar-refractivity contribution in [2.24, 2.45) is 5.73 Å². The Hall–Kier alpha value is -1.43. The van der Waals surface area contributed by atoms with Crippen LogP contribution in [0.25, 0.3) is 0 Å². The molecule has 102 valence electrons. The summed E-state index contributed by atoms with van der Waals surface area (Å²) in [5.41, 5.74) is 5.79. The third kappa shape index (κ3) is 2.36. The molecule has 2 rings (SSSR count). The number of nitrogens with two attached hydrogens (primary N) is 1. The van der Waals surface area contributed by atoms with Crippen LogP contribution in [0.1, 0.15) is 12.5 Å². The number of aliphatic hydroxyl groups is 1. The van der Waals surface area contributed by atoms with Crippen LogP contribution in [-0.2, 0) is 15.4 Å². The first-order valence-corrected chi connectivity index (χ1v) is 7.79. The molecule has 0 aliphatic heterocycles. The van der Waals surface area contributed by atoms with Crippen molar-refractivity contribution in [3.8, 4) is 0 Å². The fourth-order valence-corrected chi connectivity index (χ4v) is 3.35. The van der Waals surface area contributed by atoms with E-state index in [1.54, 1.807) is 31.2 Å². The molecule has 0 radical (unpaired) electrons. The van der Waals surface area contributed by atoms with Crippen LogP contribution in [0, 0.1) is 0 Å². The van der Waals surface area contributed by atoms with Crippen LogP contribution in [0.4, 0.5) is 0 Å². The van der Waals surface area contributed by atoms with Gasteiger partial charge in [0.05, 0.1) is 10.9 Å². The fraction of sp³-hybridized carbons (Fsp3) is 0.286. The van der Waals surface area contributed by atoms with Gasteiger partial charge in [-0.25, -0.2) is 8.42 Å². The van der Waals surface area contributed by atoms with Gasteiger partial charge in [-0.1, -0.05) is 30.3 Å². The van der Waals surface area contributed by atoms with E-state index in [4.69, 9.17) is 5.73 Å². The maximum atomic E-state index is 11.6. The summed E-state index contributed by atoms with van der Waals surface area (Å²) in [5.74, 6) is 0. The van der Waals surface area contributed by atoms with E-state index in [2.05, 4.69) is 0 Å². The second-order valence-corrected chi connectivity index (χ2v) is 6.81. The minimum atomic E-state index is -3.34. The topological polar surface area (TPSA) is 80.4 Å². The minimum Gasteiger partial charge on any atom is -0.379 e. The molecule has 5 heteroatoms. The summed E-state index contributed by atoms with van der Waals surface area (Å²) < 4.78 is 23.3. The Kier molecular flexibility index (Phi) is 3.38. The van der Waals surface area contributed by atoms with Crippen LogP contribution in [-0.4, -0.2) is 25.8 Å². The molecule has 2 atom stereocenters. The van der Waals surface area contributed by atoms with Crippen molar-refractivity contribution in [2.45, 2.75) is 18.6 Å². The van der Waals surface area contributed by atoms with Crippen molar-refractivity contribution in [2.75, 3.05) is 6.26 Å². The molecule has 0 amide bonds. The molecule has 0 saturated heterocycles. The highest BCUT2D eigenvalue weighted by Gasteiger charge is 2.39. The monoisotopic (exact) mass is 279 g/mol. The Morgan fingerprint density at radius 2 is 1.84 bits per heavy atom. The highest BCUT2D eigenvalue weighted by molar-refractivity contribution is 7.94. The predicted molar refractivity (Wildman–Crippen MR) is 75.0 cm³/mol. The van der Waals surface area contributed by atoms with Gasteiger partial charge in [0.25, 0.3) is 0 Å². The second kappa shape index (κ2) is 4.59. The van der Waals surface area contributed by atoms with E-state index in [1.165, 1.54) is 12.2 Å². The first-order chi connectivity index (χ1) is 8.77. The Labute approximate surface area is 113 Å². The van der Waals surface area contributed by atoms with Crippen LogP contribution in [0.5, 0.6) is 0 Å². The maximum Gasteiger partial charge on any atom is 0.175 e. The van der Waals surface area contributed by atoms with Gasteiger partial charge in [-0.05, 0) is 30.2 Å². The lowest BCUT2D eigenvalue weighted by atomic mass is 9.80. The zero-order valence-corrected chi connectivity index (χ0v) is 11.7. The average molecular weight is 279 g/mol. The molecule has 0 saturated carbocycles. The molecule has 1 aliphatic carbocycles. The highest BCUT2D eigenvalue weighted by atomic mass is 32.2. The van der Waals surface area contributed by atoms with Crippen molar-refractivity contribution in [3.05, 3.63) is 58.5 Å². The van der Waals surface area contributed by atoms with Crippen molar-refractivity contribution >= 4 is 9.84 Å². The molecule has 19 heavy (non-hydrogen) atoms. The first-order valence-electron chi connectivity index (χ1n) is 5.90. The summed E-state index contributed by atoms with van der Waals surface area (Å²) in [5, 5.41) is 10.7. The zero-order chi connectivity index (χ0) is 14.3. The quantitative estimate of drug-likeness (QED) is 0.849. The molecular formula is C14H17NO3S. The molecule has 0 fully saturated rings. The molecular weight excluding hydrogens is 262 g/mol. The minimum absolute atomic E-state index is 0.181.